The maximum absolute atomic E-state index is 12.2. The van der Waals surface area contributed by atoms with Gasteiger partial charge in [-0.3, -0.25) is 14.9 Å². The second-order valence-electron chi connectivity index (χ2n) is 5.67. The van der Waals surface area contributed by atoms with Crippen LogP contribution in [0.15, 0.2) is 60.8 Å². The maximum Gasteiger partial charge on any atom is 0.313 e. The van der Waals surface area contributed by atoms with E-state index in [1.807, 2.05) is 0 Å². The molecular weight excluding hydrogens is 405 g/mol. The summed E-state index contributed by atoms with van der Waals surface area (Å²) in [5.74, 6) is 0.129. The zero-order valence-electron chi connectivity index (χ0n) is 14.3. The summed E-state index contributed by atoms with van der Waals surface area (Å²) in [4.78, 5) is 26.7. The summed E-state index contributed by atoms with van der Waals surface area (Å²) in [7, 11) is 0. The van der Waals surface area contributed by atoms with Crippen molar-refractivity contribution in [1.29, 1.82) is 0 Å². The van der Waals surface area contributed by atoms with Crippen LogP contribution < -0.4 is 10.1 Å². The molecule has 7 nitrogen and oxygen atoms in total. The van der Waals surface area contributed by atoms with E-state index in [9.17, 15) is 14.9 Å². The van der Waals surface area contributed by atoms with Gasteiger partial charge in [-0.05, 0) is 48.0 Å². The van der Waals surface area contributed by atoms with E-state index in [0.29, 0.717) is 23.0 Å². The highest BCUT2D eigenvalue weighted by Crippen LogP contribution is 2.33. The van der Waals surface area contributed by atoms with Crippen LogP contribution in [0.3, 0.4) is 0 Å². The summed E-state index contributed by atoms with van der Waals surface area (Å²) >= 11 is 11.5. The SMILES string of the molecule is O=C(NCc1ccc(Cl)nc1)c1ccc(Oc2ccc(Cl)cc2[N+](=O)[O-])cc1. The minimum Gasteiger partial charge on any atom is -0.450 e. The number of halogens is 2. The first-order chi connectivity index (χ1) is 13.4. The highest BCUT2D eigenvalue weighted by molar-refractivity contribution is 6.30. The number of benzene rings is 2. The van der Waals surface area contributed by atoms with Crippen molar-refractivity contribution in [2.24, 2.45) is 0 Å². The topological polar surface area (TPSA) is 94.4 Å². The first kappa shape index (κ1) is 19.6. The van der Waals surface area contributed by atoms with Crippen molar-refractivity contribution >= 4 is 34.8 Å². The number of amides is 1. The quantitative estimate of drug-likeness (QED) is 0.345. The fourth-order valence-electron chi connectivity index (χ4n) is 2.32. The third-order valence-corrected chi connectivity index (χ3v) is 4.16. The molecule has 9 heteroatoms. The molecule has 0 saturated carbocycles. The number of nitrogens with one attached hydrogen (secondary N) is 1. The number of carbonyl (C=O) groups is 1. The lowest BCUT2D eigenvalue weighted by atomic mass is 10.2. The minimum absolute atomic E-state index is 0.0573. The number of hydrogen-bond acceptors (Lipinski definition) is 5. The molecule has 1 aromatic heterocycles. The number of aromatic nitrogens is 1. The fraction of sp³-hybridized carbons (Fsp3) is 0.0526. The number of pyridine rings is 1. The predicted molar refractivity (Wildman–Crippen MR) is 105 cm³/mol. The lowest BCUT2D eigenvalue weighted by molar-refractivity contribution is -0.385. The molecule has 0 fully saturated rings. The van der Waals surface area contributed by atoms with Crippen molar-refractivity contribution in [1.82, 2.24) is 10.3 Å². The normalized spacial score (nSPS) is 10.4. The smallest absolute Gasteiger partial charge is 0.313 e. The molecule has 0 atom stereocenters. The lowest BCUT2D eigenvalue weighted by Crippen LogP contribution is -2.22. The zero-order valence-corrected chi connectivity index (χ0v) is 15.8. The van der Waals surface area contributed by atoms with Crippen molar-refractivity contribution in [3.8, 4) is 11.5 Å². The Morgan fingerprint density at radius 2 is 1.86 bits per heavy atom. The first-order valence-corrected chi connectivity index (χ1v) is 8.78. The molecule has 3 aromatic rings. The second-order valence-corrected chi connectivity index (χ2v) is 6.49. The predicted octanol–water partition coefficient (Wildman–Crippen LogP) is 5.02. The Labute approximate surface area is 170 Å². The molecular formula is C19H13Cl2N3O4. The fourth-order valence-corrected chi connectivity index (χ4v) is 2.59. The van der Waals surface area contributed by atoms with Crippen LogP contribution >= 0.6 is 23.2 Å². The van der Waals surface area contributed by atoms with Gasteiger partial charge in [-0.2, -0.15) is 0 Å². The number of rotatable bonds is 6. The summed E-state index contributed by atoms with van der Waals surface area (Å²) in [6.07, 6.45) is 1.58. The summed E-state index contributed by atoms with van der Waals surface area (Å²) in [6, 6.07) is 13.8. The van der Waals surface area contributed by atoms with E-state index >= 15 is 0 Å². The molecule has 0 saturated heterocycles. The van der Waals surface area contributed by atoms with E-state index in [1.165, 1.54) is 18.2 Å². The molecule has 0 bridgehead atoms. The molecule has 0 aliphatic carbocycles. The number of ether oxygens (including phenoxy) is 1. The van der Waals surface area contributed by atoms with Gasteiger partial charge >= 0.3 is 5.69 Å². The van der Waals surface area contributed by atoms with Gasteiger partial charge in [0.15, 0.2) is 0 Å². The molecule has 1 N–H and O–H groups in total. The number of nitro benzene ring substituents is 1. The molecule has 0 spiro atoms. The van der Waals surface area contributed by atoms with Crippen LogP contribution in [0.2, 0.25) is 10.2 Å². The van der Waals surface area contributed by atoms with Gasteiger partial charge in [-0.15, -0.1) is 0 Å². The van der Waals surface area contributed by atoms with Crippen LogP contribution in [-0.2, 0) is 6.54 Å². The molecule has 0 unspecified atom stereocenters. The number of nitrogens with zero attached hydrogens (tertiary/aromatic N) is 2. The minimum atomic E-state index is -0.575. The molecule has 2 aromatic carbocycles. The maximum atomic E-state index is 12.2. The summed E-state index contributed by atoms with van der Waals surface area (Å²) < 4.78 is 5.55. The largest absolute Gasteiger partial charge is 0.450 e. The van der Waals surface area contributed by atoms with Crippen molar-refractivity contribution in [2.45, 2.75) is 6.54 Å². The van der Waals surface area contributed by atoms with Crippen LogP contribution in [0, 0.1) is 10.1 Å². The van der Waals surface area contributed by atoms with Crippen LogP contribution in [0.5, 0.6) is 11.5 Å². The molecule has 0 aliphatic rings. The third-order valence-electron chi connectivity index (χ3n) is 3.70. The number of carbonyl (C=O) groups excluding carboxylic acids is 1. The lowest BCUT2D eigenvalue weighted by Gasteiger charge is -2.08. The molecule has 1 amide bonds. The van der Waals surface area contributed by atoms with E-state index < -0.39 is 4.92 Å². The van der Waals surface area contributed by atoms with Gasteiger partial charge in [-0.1, -0.05) is 29.3 Å². The van der Waals surface area contributed by atoms with E-state index in [4.69, 9.17) is 27.9 Å². The van der Waals surface area contributed by atoms with Crippen LogP contribution in [0.25, 0.3) is 0 Å². The van der Waals surface area contributed by atoms with Gasteiger partial charge in [0.2, 0.25) is 5.75 Å². The van der Waals surface area contributed by atoms with E-state index in [-0.39, 0.29) is 22.4 Å². The Morgan fingerprint density at radius 1 is 1.11 bits per heavy atom. The summed E-state index contributed by atoms with van der Waals surface area (Å²) in [6.45, 7) is 0.304. The van der Waals surface area contributed by atoms with E-state index in [0.717, 1.165) is 5.56 Å². The molecule has 3 rings (SSSR count). The Bertz CT molecular complexity index is 1010. The van der Waals surface area contributed by atoms with Crippen molar-refractivity contribution in [3.63, 3.8) is 0 Å². The average molecular weight is 418 g/mol. The molecule has 28 heavy (non-hydrogen) atoms. The monoisotopic (exact) mass is 417 g/mol. The van der Waals surface area contributed by atoms with E-state index in [2.05, 4.69) is 10.3 Å². The third kappa shape index (κ3) is 4.97. The summed E-state index contributed by atoms with van der Waals surface area (Å²) in [5.41, 5.74) is 0.985. The Hall–Kier alpha value is -3.16. The summed E-state index contributed by atoms with van der Waals surface area (Å²) in [5, 5.41) is 14.5. The average Bonchev–Trinajstić information content (AvgIpc) is 2.69. The van der Waals surface area contributed by atoms with Gasteiger partial charge in [-0.25, -0.2) is 4.98 Å². The van der Waals surface area contributed by atoms with Crippen molar-refractivity contribution in [2.75, 3.05) is 0 Å². The molecule has 0 radical (unpaired) electrons. The zero-order chi connectivity index (χ0) is 20.1. The Kier molecular flexibility index (Phi) is 6.08. The highest BCUT2D eigenvalue weighted by Gasteiger charge is 2.16. The Morgan fingerprint density at radius 3 is 2.50 bits per heavy atom. The van der Waals surface area contributed by atoms with Gasteiger partial charge in [0.05, 0.1) is 4.92 Å². The standard InChI is InChI=1S/C19H13Cl2N3O4/c20-14-4-7-17(16(9-14)24(26)27)28-15-5-2-13(3-6-15)19(25)23-11-12-1-8-18(21)22-10-12/h1-10H,11H2,(H,23,25). The number of nitro groups is 1. The van der Waals surface area contributed by atoms with Crippen LogP contribution in [-0.4, -0.2) is 15.8 Å². The number of hydrogen-bond donors (Lipinski definition) is 1. The van der Waals surface area contributed by atoms with Crippen LogP contribution in [0.4, 0.5) is 5.69 Å². The van der Waals surface area contributed by atoms with Gasteiger partial charge in [0.25, 0.3) is 5.91 Å². The van der Waals surface area contributed by atoms with Gasteiger partial charge < -0.3 is 10.1 Å². The highest BCUT2D eigenvalue weighted by atomic mass is 35.5. The van der Waals surface area contributed by atoms with Gasteiger partial charge in [0.1, 0.15) is 10.9 Å². The first-order valence-electron chi connectivity index (χ1n) is 8.03. The van der Waals surface area contributed by atoms with Crippen LogP contribution in [0.1, 0.15) is 15.9 Å². The second kappa shape index (κ2) is 8.69. The van der Waals surface area contributed by atoms with Crippen molar-refractivity contribution < 1.29 is 14.5 Å². The van der Waals surface area contributed by atoms with Gasteiger partial charge in [0, 0.05) is 29.4 Å². The molecule has 1 heterocycles. The Balaban J connectivity index is 1.65. The molecule has 0 aliphatic heterocycles. The van der Waals surface area contributed by atoms with E-state index in [1.54, 1.807) is 42.6 Å². The van der Waals surface area contributed by atoms with Crippen molar-refractivity contribution in [3.05, 3.63) is 92.2 Å². The molecule has 142 valence electrons.